The van der Waals surface area contributed by atoms with Crippen molar-refractivity contribution >= 4 is 93.0 Å². The molecular formula is C21H12Cl6N4O2. The number of anilines is 1. The van der Waals surface area contributed by atoms with Gasteiger partial charge in [-0.05, 0) is 44.2 Å². The van der Waals surface area contributed by atoms with Crippen molar-refractivity contribution in [2.24, 2.45) is 5.10 Å². The Hall–Kier alpha value is -1.93. The van der Waals surface area contributed by atoms with Gasteiger partial charge in [-0.1, -0.05) is 69.6 Å². The smallest absolute Gasteiger partial charge is 0.280 e. The lowest BCUT2D eigenvalue weighted by Gasteiger charge is -2.15. The van der Waals surface area contributed by atoms with Gasteiger partial charge >= 0.3 is 0 Å². The number of benzene rings is 2. The van der Waals surface area contributed by atoms with E-state index in [4.69, 9.17) is 69.6 Å². The van der Waals surface area contributed by atoms with E-state index in [-0.39, 0.29) is 48.5 Å². The molecule has 1 aromatic heterocycles. The lowest BCUT2D eigenvalue weighted by atomic mass is 10.1. The maximum absolute atomic E-state index is 13.2. The van der Waals surface area contributed by atoms with Crippen LogP contribution in [0.1, 0.15) is 18.2 Å². The van der Waals surface area contributed by atoms with Crippen LogP contribution in [0, 0.1) is 6.92 Å². The molecule has 0 fully saturated rings. The summed E-state index contributed by atoms with van der Waals surface area (Å²) in [4.78, 5) is 13.2. The van der Waals surface area contributed by atoms with E-state index in [0.29, 0.717) is 21.5 Å². The van der Waals surface area contributed by atoms with Gasteiger partial charge < -0.3 is 5.11 Å². The molecule has 2 heterocycles. The highest BCUT2D eigenvalue weighted by Crippen LogP contribution is 2.40. The maximum atomic E-state index is 13.2. The number of aromatic hydroxyl groups is 1. The monoisotopic (exact) mass is 562 g/mol. The number of halogens is 6. The molecule has 1 aliphatic heterocycles. The first-order valence-electron chi connectivity index (χ1n) is 9.19. The van der Waals surface area contributed by atoms with Crippen molar-refractivity contribution in [1.29, 1.82) is 0 Å². The molecule has 0 radical (unpaired) electrons. The molecule has 6 nitrogen and oxygen atoms in total. The number of hydrogen-bond acceptors (Lipinski definition) is 4. The summed E-state index contributed by atoms with van der Waals surface area (Å²) < 4.78 is 1.18. The number of hydrazone groups is 1. The van der Waals surface area contributed by atoms with Crippen molar-refractivity contribution < 1.29 is 9.90 Å². The summed E-state index contributed by atoms with van der Waals surface area (Å²) in [6.07, 6.45) is 1.48. The van der Waals surface area contributed by atoms with Crippen LogP contribution in [0.3, 0.4) is 0 Å². The fraction of sp³-hybridized carbons (Fsp3) is 0.0952. The summed E-state index contributed by atoms with van der Waals surface area (Å²) >= 11 is 37.0. The predicted octanol–water partition coefficient (Wildman–Crippen LogP) is 7.61. The molecule has 0 saturated carbocycles. The highest BCUT2D eigenvalue weighted by Gasteiger charge is 2.32. The Balaban J connectivity index is 1.79. The summed E-state index contributed by atoms with van der Waals surface area (Å²) in [5.74, 6) is -0.763. The van der Waals surface area contributed by atoms with Crippen LogP contribution in [0.5, 0.6) is 5.88 Å². The zero-order chi connectivity index (χ0) is 24.2. The second-order valence-corrected chi connectivity index (χ2v) is 9.53. The first-order chi connectivity index (χ1) is 15.5. The standard InChI is InChI=1S/C21H12Cl6N4O2/c1-8-12(20(32)30(28-8)18-14(24)3-10(22)4-15(18)25)7-13-9(2)29-31(21(13)33)19-16(26)5-11(23)6-17(19)27/h3-7,32H,1-2H3/b13-7-. The van der Waals surface area contributed by atoms with Gasteiger partial charge in [0.05, 0.1) is 42.6 Å². The number of carbonyl (C=O) groups is 1. The van der Waals surface area contributed by atoms with Gasteiger partial charge in [0.1, 0.15) is 11.4 Å². The van der Waals surface area contributed by atoms with Crippen molar-refractivity contribution in [2.75, 3.05) is 5.01 Å². The van der Waals surface area contributed by atoms with Crippen LogP contribution in [-0.2, 0) is 4.79 Å². The van der Waals surface area contributed by atoms with Gasteiger partial charge in [0.15, 0.2) is 0 Å². The predicted molar refractivity (Wildman–Crippen MR) is 135 cm³/mol. The van der Waals surface area contributed by atoms with E-state index in [1.165, 1.54) is 35.0 Å². The summed E-state index contributed by atoms with van der Waals surface area (Å²) in [5.41, 5.74) is 1.75. The summed E-state index contributed by atoms with van der Waals surface area (Å²) in [6, 6.07) is 5.88. The van der Waals surface area contributed by atoms with E-state index in [2.05, 4.69) is 10.2 Å². The Bertz CT molecular complexity index is 1350. The Morgan fingerprint density at radius 3 is 1.85 bits per heavy atom. The molecule has 2 aromatic carbocycles. The Morgan fingerprint density at radius 2 is 1.33 bits per heavy atom. The molecule has 0 saturated heterocycles. The lowest BCUT2D eigenvalue weighted by molar-refractivity contribution is -0.114. The molecule has 4 rings (SSSR count). The fourth-order valence-electron chi connectivity index (χ4n) is 3.31. The first kappa shape index (κ1) is 24.2. The molecule has 0 aliphatic carbocycles. The van der Waals surface area contributed by atoms with Crippen molar-refractivity contribution in [2.45, 2.75) is 13.8 Å². The third-order valence-electron chi connectivity index (χ3n) is 4.82. The van der Waals surface area contributed by atoms with E-state index in [0.717, 1.165) is 5.01 Å². The van der Waals surface area contributed by atoms with E-state index >= 15 is 0 Å². The Kier molecular flexibility index (Phi) is 6.62. The van der Waals surface area contributed by atoms with Crippen LogP contribution >= 0.6 is 69.6 Å². The number of nitrogens with zero attached hydrogens (tertiary/aromatic N) is 4. The Labute approximate surface area is 218 Å². The van der Waals surface area contributed by atoms with Crippen molar-refractivity contribution in [3.8, 4) is 11.6 Å². The molecular weight excluding hydrogens is 553 g/mol. The van der Waals surface area contributed by atoms with E-state index in [1.807, 2.05) is 0 Å². The van der Waals surface area contributed by atoms with Gasteiger partial charge in [0, 0.05) is 10.0 Å². The number of hydrogen-bond donors (Lipinski definition) is 1. The van der Waals surface area contributed by atoms with E-state index in [9.17, 15) is 9.90 Å². The zero-order valence-electron chi connectivity index (χ0n) is 16.8. The van der Waals surface area contributed by atoms with Crippen LogP contribution in [-0.4, -0.2) is 26.5 Å². The molecule has 0 unspecified atom stereocenters. The number of rotatable bonds is 3. The van der Waals surface area contributed by atoms with Crippen LogP contribution in [0.25, 0.3) is 11.8 Å². The number of aryl methyl sites for hydroxylation is 1. The van der Waals surface area contributed by atoms with Crippen molar-refractivity contribution in [3.63, 3.8) is 0 Å². The van der Waals surface area contributed by atoms with Crippen LogP contribution in [0.15, 0.2) is 34.9 Å². The van der Waals surface area contributed by atoms with Crippen LogP contribution < -0.4 is 5.01 Å². The minimum atomic E-state index is -0.493. The van der Waals surface area contributed by atoms with Crippen LogP contribution in [0.2, 0.25) is 30.1 Å². The second kappa shape index (κ2) is 9.02. The largest absolute Gasteiger partial charge is 0.493 e. The molecule has 1 amide bonds. The fourth-order valence-corrected chi connectivity index (χ4v) is 5.26. The minimum absolute atomic E-state index is 0.164. The van der Waals surface area contributed by atoms with Gasteiger partial charge in [0.25, 0.3) is 5.91 Å². The normalized spacial score (nSPS) is 15.0. The van der Waals surface area contributed by atoms with Crippen molar-refractivity contribution in [3.05, 3.63) is 71.2 Å². The minimum Gasteiger partial charge on any atom is -0.493 e. The highest BCUT2D eigenvalue weighted by atomic mass is 35.5. The van der Waals surface area contributed by atoms with E-state index in [1.54, 1.807) is 13.8 Å². The molecule has 170 valence electrons. The molecule has 0 atom stereocenters. The molecule has 1 aliphatic rings. The molecule has 0 spiro atoms. The van der Waals surface area contributed by atoms with Gasteiger partial charge in [-0.25, -0.2) is 0 Å². The molecule has 0 bridgehead atoms. The highest BCUT2D eigenvalue weighted by molar-refractivity contribution is 6.44. The molecule has 12 heteroatoms. The second-order valence-electron chi connectivity index (χ2n) is 7.03. The quantitative estimate of drug-likeness (QED) is 0.333. The SMILES string of the molecule is CC1=NN(c2c(Cl)cc(Cl)cc2Cl)C(=O)/C1=C\c1c(C)nn(-c2c(Cl)cc(Cl)cc2Cl)c1O. The third kappa shape index (κ3) is 4.32. The summed E-state index contributed by atoms with van der Waals surface area (Å²) in [6.45, 7) is 3.31. The van der Waals surface area contributed by atoms with Crippen molar-refractivity contribution in [1.82, 2.24) is 9.78 Å². The third-order valence-corrected chi connectivity index (χ3v) is 6.41. The lowest BCUT2D eigenvalue weighted by Crippen LogP contribution is -2.22. The molecule has 33 heavy (non-hydrogen) atoms. The number of carbonyl (C=O) groups excluding carboxylic acids is 1. The zero-order valence-corrected chi connectivity index (χ0v) is 21.3. The summed E-state index contributed by atoms with van der Waals surface area (Å²) in [7, 11) is 0. The average molecular weight is 565 g/mol. The number of aromatic nitrogens is 2. The van der Waals surface area contributed by atoms with Crippen LogP contribution in [0.4, 0.5) is 5.69 Å². The summed E-state index contributed by atoms with van der Waals surface area (Å²) in [5, 5.41) is 22.0. The maximum Gasteiger partial charge on any atom is 0.280 e. The van der Waals surface area contributed by atoms with Gasteiger partial charge in [-0.15, -0.1) is 0 Å². The van der Waals surface area contributed by atoms with E-state index < -0.39 is 5.91 Å². The Morgan fingerprint density at radius 1 is 0.848 bits per heavy atom. The van der Waals surface area contributed by atoms with Gasteiger partial charge in [0.2, 0.25) is 5.88 Å². The van der Waals surface area contributed by atoms with Gasteiger partial charge in [-0.3, -0.25) is 4.79 Å². The first-order valence-corrected chi connectivity index (χ1v) is 11.5. The molecule has 3 aromatic rings. The topological polar surface area (TPSA) is 70.7 Å². The average Bonchev–Trinajstić information content (AvgIpc) is 3.11. The number of amides is 1. The molecule has 1 N–H and O–H groups in total. The van der Waals surface area contributed by atoms with Gasteiger partial charge in [-0.2, -0.15) is 19.9 Å².